The molecule has 0 aliphatic carbocycles. The van der Waals surface area contributed by atoms with Crippen LogP contribution in [-0.2, 0) is 32.7 Å². The van der Waals surface area contributed by atoms with E-state index in [1.165, 1.54) is 63.6 Å². The van der Waals surface area contributed by atoms with Gasteiger partial charge in [-0.3, -0.25) is 0 Å². The monoisotopic (exact) mass is 991 g/mol. The molecule has 0 aliphatic rings. The van der Waals surface area contributed by atoms with E-state index in [0.717, 1.165) is 0 Å². The number of hydrogen-bond donors (Lipinski definition) is 0. The quantitative estimate of drug-likeness (QED) is 0.106. The van der Waals surface area contributed by atoms with Crippen LogP contribution in [0.2, 0.25) is 0 Å². The summed E-state index contributed by atoms with van der Waals surface area (Å²) in [5.74, 6) is 0. The van der Waals surface area contributed by atoms with Crippen LogP contribution in [0.25, 0.3) is 0 Å². The van der Waals surface area contributed by atoms with Gasteiger partial charge in [0, 0.05) is 19.6 Å². The lowest BCUT2D eigenvalue weighted by Crippen LogP contribution is -2.04. The van der Waals surface area contributed by atoms with E-state index in [-0.39, 0.29) is 62.4 Å². The van der Waals surface area contributed by atoms with Crippen LogP contribution in [0.15, 0.2) is 349 Å². The molecule has 10 aromatic carbocycles. The molecule has 0 spiro atoms. The average molecular weight is 993 g/mol. The van der Waals surface area contributed by atoms with E-state index < -0.39 is 0 Å². The van der Waals surface area contributed by atoms with Gasteiger partial charge in [0.2, 0.25) is 0 Å². The zero-order chi connectivity index (χ0) is 43.9. The van der Waals surface area contributed by atoms with E-state index in [0.29, 0.717) is 0 Å². The minimum absolute atomic E-state index is 0. The second kappa shape index (κ2) is 27.8. The molecule has 69 heavy (non-hydrogen) atoms. The van der Waals surface area contributed by atoms with Gasteiger partial charge in [0.1, 0.15) is 0 Å². The molecule has 10 rings (SSSR count). The Morgan fingerprint density at radius 2 is 0.304 bits per heavy atom. The molecule has 0 unspecified atom stereocenters. The lowest BCUT2D eigenvalue weighted by Gasteiger charge is -2.10. The normalized spacial score (nSPS) is 10.4. The maximum absolute atomic E-state index is 2.29. The fourth-order valence-corrected chi connectivity index (χ4v) is 15.2. The molecule has 0 saturated heterocycles. The van der Waals surface area contributed by atoms with E-state index in [4.69, 9.17) is 0 Å². The van der Waals surface area contributed by atoms with Crippen molar-refractivity contribution in [3.63, 3.8) is 0 Å². The summed E-state index contributed by atoms with van der Waals surface area (Å²) in [6.45, 7) is 0. The van der Waals surface area contributed by atoms with Gasteiger partial charge in [0.25, 0.3) is 0 Å². The van der Waals surface area contributed by atoms with E-state index in [9.17, 15) is 0 Å². The fourth-order valence-electron chi connectivity index (χ4n) is 7.26. The second-order valence-electron chi connectivity index (χ2n) is 14.7. The molecule has 346 valence electrons. The Morgan fingerprint density at radius 3 is 0.493 bits per heavy atom. The lowest BCUT2D eigenvalue weighted by atomic mass is 10.3. The predicted molar refractivity (Wildman–Crippen MR) is 306 cm³/mol. The Kier molecular flexibility index (Phi) is 21.7. The van der Waals surface area contributed by atoms with Gasteiger partial charge in [-0.1, -0.05) is 181 Å². The topological polar surface area (TPSA) is 0 Å². The minimum atomic E-state index is -0.123. The molecular formula is C64H63S5+3. The van der Waals surface area contributed by atoms with Crippen molar-refractivity contribution in [3.8, 4) is 0 Å². The number of benzene rings is 10. The maximum Gasteiger partial charge on any atom is 0.166 e. The molecule has 0 amide bonds. The highest BCUT2D eigenvalue weighted by Gasteiger charge is 2.30. The van der Waals surface area contributed by atoms with Crippen molar-refractivity contribution in [1.82, 2.24) is 0 Å². The molecule has 0 nitrogen and oxygen atoms in total. The molecule has 0 fully saturated rings. The first-order chi connectivity index (χ1) is 32.2. The SMILES string of the molecule is C.C.C.C.c1ccc(Sc2ccc([S+](c3ccccc3)c3ccccc3)cc2)cc1.c1ccc([S+](c2ccccc2)c2ccc(Sc3ccc([S+](c4ccccc4)c4ccccc4)cc3)cc2)cc1. The van der Waals surface area contributed by atoms with Crippen molar-refractivity contribution in [2.24, 2.45) is 0 Å². The zero-order valence-electron chi connectivity index (χ0n) is 35.7. The van der Waals surface area contributed by atoms with Crippen molar-refractivity contribution in [2.45, 2.75) is 93.3 Å². The van der Waals surface area contributed by atoms with E-state index in [1.54, 1.807) is 11.8 Å². The lowest BCUT2D eigenvalue weighted by molar-refractivity contribution is 1.27. The Bertz CT molecular complexity index is 2680. The molecule has 0 bridgehead atoms. The second-order valence-corrected chi connectivity index (χ2v) is 23.1. The molecule has 0 heterocycles. The van der Waals surface area contributed by atoms with Crippen LogP contribution in [-0.4, -0.2) is 0 Å². The molecule has 5 heteroatoms. The van der Waals surface area contributed by atoms with Gasteiger partial charge in [-0.05, 0) is 158 Å². The molecular weight excluding hydrogens is 929 g/mol. The molecule has 10 aromatic rings. The van der Waals surface area contributed by atoms with Crippen LogP contribution in [0.1, 0.15) is 29.7 Å². The van der Waals surface area contributed by atoms with Crippen LogP contribution in [0.3, 0.4) is 0 Å². The first kappa shape index (κ1) is 53.9. The van der Waals surface area contributed by atoms with Crippen LogP contribution in [0.4, 0.5) is 0 Å². The van der Waals surface area contributed by atoms with Gasteiger partial charge in [0.05, 0.1) is 32.7 Å². The predicted octanol–water partition coefficient (Wildman–Crippen LogP) is 19.5. The molecule has 0 aliphatic heterocycles. The largest absolute Gasteiger partial charge is 0.166 e. The summed E-state index contributed by atoms with van der Waals surface area (Å²) in [5.41, 5.74) is 0. The highest BCUT2D eigenvalue weighted by atomic mass is 32.2. The smallest absolute Gasteiger partial charge is 0.0901 e. The summed E-state index contributed by atoms with van der Waals surface area (Å²) in [4.78, 5) is 17.1. The Balaban J connectivity index is 0.000000260. The molecule has 0 atom stereocenters. The van der Waals surface area contributed by atoms with Gasteiger partial charge in [-0.25, -0.2) is 0 Å². The molecule has 0 saturated carbocycles. The Morgan fingerprint density at radius 1 is 0.159 bits per heavy atom. The van der Waals surface area contributed by atoms with Crippen molar-refractivity contribution in [2.75, 3.05) is 0 Å². The third kappa shape index (κ3) is 14.5. The summed E-state index contributed by atoms with van der Waals surface area (Å²) in [5, 5.41) is 0. The van der Waals surface area contributed by atoms with Crippen LogP contribution < -0.4 is 0 Å². The van der Waals surface area contributed by atoms with E-state index in [2.05, 4.69) is 285 Å². The van der Waals surface area contributed by atoms with Crippen molar-refractivity contribution >= 4 is 56.2 Å². The third-order valence-electron chi connectivity index (χ3n) is 10.3. The molecule has 0 aromatic heterocycles. The van der Waals surface area contributed by atoms with Crippen LogP contribution >= 0.6 is 23.5 Å². The Labute approximate surface area is 431 Å². The van der Waals surface area contributed by atoms with Crippen LogP contribution in [0.5, 0.6) is 0 Å². The van der Waals surface area contributed by atoms with Gasteiger partial charge in [-0.15, -0.1) is 0 Å². The van der Waals surface area contributed by atoms with E-state index >= 15 is 0 Å². The summed E-state index contributed by atoms with van der Waals surface area (Å²) < 4.78 is 0. The van der Waals surface area contributed by atoms with Gasteiger partial charge in [0.15, 0.2) is 44.1 Å². The maximum atomic E-state index is 2.29. The average Bonchev–Trinajstić information content (AvgIpc) is 3.38. The first-order valence-electron chi connectivity index (χ1n) is 21.5. The summed E-state index contributed by atoms with van der Waals surface area (Å²) in [6.07, 6.45) is 0. The van der Waals surface area contributed by atoms with E-state index in [1.807, 2.05) is 11.8 Å². The summed E-state index contributed by atoms with van der Waals surface area (Å²) >= 11 is 3.62. The fraction of sp³-hybridized carbons (Fsp3) is 0.0625. The van der Waals surface area contributed by atoms with Gasteiger partial charge < -0.3 is 0 Å². The van der Waals surface area contributed by atoms with Gasteiger partial charge in [-0.2, -0.15) is 0 Å². The number of rotatable bonds is 13. The van der Waals surface area contributed by atoms with Crippen molar-refractivity contribution in [3.05, 3.63) is 285 Å². The highest BCUT2D eigenvalue weighted by Crippen LogP contribution is 2.37. The highest BCUT2D eigenvalue weighted by molar-refractivity contribution is 8.00. The number of hydrogen-bond acceptors (Lipinski definition) is 2. The van der Waals surface area contributed by atoms with Crippen molar-refractivity contribution < 1.29 is 0 Å². The standard InChI is InChI=1S/C36H28S3.C24H19S2.4CH4/c1-5-13-31(14-6-1)38(32-15-7-2-8-16-32)35-25-21-29(22-26-35)37-30-23-27-36(28-24-30)39(33-17-9-3-10-18-33)34-19-11-4-12-20-34;1-4-10-20(11-5-1)25-21-16-18-24(19-17-21)26(22-12-6-2-7-13-22)23-14-8-3-9-15-23;;;;/h1-28H;1-19H;4*1H4/q+2;+1;;;;. The molecule has 0 radical (unpaired) electrons. The zero-order valence-corrected chi connectivity index (χ0v) is 39.8. The molecule has 0 N–H and O–H groups in total. The van der Waals surface area contributed by atoms with Crippen LogP contribution in [0, 0.1) is 0 Å². The first-order valence-corrected chi connectivity index (χ1v) is 26.8. The third-order valence-corrected chi connectivity index (χ3v) is 19.0. The minimum Gasteiger partial charge on any atom is -0.0901 e. The summed E-state index contributed by atoms with van der Waals surface area (Å²) in [7, 11) is -0.324. The Hall–Kier alpha value is -6.05. The summed E-state index contributed by atoms with van der Waals surface area (Å²) in [6, 6.07) is 103. The van der Waals surface area contributed by atoms with Gasteiger partial charge >= 0.3 is 0 Å². The van der Waals surface area contributed by atoms with Crippen molar-refractivity contribution in [1.29, 1.82) is 0 Å².